The number of anilines is 1. The lowest BCUT2D eigenvalue weighted by Gasteiger charge is -2.17. The largest absolute Gasteiger partial charge is 0.355 e. The van der Waals surface area contributed by atoms with Gasteiger partial charge in [-0.15, -0.1) is 0 Å². The monoisotopic (exact) mass is 554 g/mol. The summed E-state index contributed by atoms with van der Waals surface area (Å²) >= 11 is 0. The Hall–Kier alpha value is -5.01. The first-order valence-electron chi connectivity index (χ1n) is 14.1. The molecule has 2 aliphatic rings. The zero-order valence-electron chi connectivity index (χ0n) is 24.2. The van der Waals surface area contributed by atoms with Crippen LogP contribution in [-0.2, 0) is 11.2 Å². The highest BCUT2D eigenvalue weighted by molar-refractivity contribution is 6.07. The van der Waals surface area contributed by atoms with Gasteiger partial charge in [-0.05, 0) is 113 Å². The molecule has 0 spiro atoms. The molecule has 2 aliphatic heterocycles. The molecule has 7 nitrogen and oxygen atoms in total. The van der Waals surface area contributed by atoms with Crippen molar-refractivity contribution in [2.24, 2.45) is 0 Å². The Morgan fingerprint density at radius 2 is 1.48 bits per heavy atom. The number of aromatic nitrogens is 4. The SMILES string of the molecule is C=C(C)C(=O)Nc1c(CCCN(C)C)cccc1-c1cc2cc3ccc(cc4nc(cc5nc(cc1[nH]2)C=C5)C=C4)[nH]3. The number of carbonyl (C=O) groups excluding carboxylic acids is 1. The number of nitrogens with zero attached hydrogens (tertiary/aromatic N) is 3. The Morgan fingerprint density at radius 1 is 0.810 bits per heavy atom. The van der Waals surface area contributed by atoms with Gasteiger partial charge >= 0.3 is 0 Å². The normalized spacial score (nSPS) is 12.2. The molecule has 42 heavy (non-hydrogen) atoms. The number of rotatable bonds is 7. The van der Waals surface area contributed by atoms with E-state index in [4.69, 9.17) is 9.97 Å². The van der Waals surface area contributed by atoms with Crippen molar-refractivity contribution in [1.29, 1.82) is 0 Å². The second kappa shape index (κ2) is 11.5. The maximum Gasteiger partial charge on any atom is 0.250 e. The predicted molar refractivity (Wildman–Crippen MR) is 175 cm³/mol. The maximum absolute atomic E-state index is 12.9. The first-order valence-corrected chi connectivity index (χ1v) is 14.1. The van der Waals surface area contributed by atoms with Crippen molar-refractivity contribution in [2.45, 2.75) is 19.8 Å². The van der Waals surface area contributed by atoms with Gasteiger partial charge in [-0.1, -0.05) is 24.8 Å². The molecule has 1 amide bonds. The number of carbonyl (C=O) groups is 1. The minimum absolute atomic E-state index is 0.188. The van der Waals surface area contributed by atoms with E-state index in [0.29, 0.717) is 5.57 Å². The summed E-state index contributed by atoms with van der Waals surface area (Å²) in [7, 11) is 4.15. The van der Waals surface area contributed by atoms with Crippen LogP contribution in [0.2, 0.25) is 0 Å². The summed E-state index contributed by atoms with van der Waals surface area (Å²) in [6.45, 7) is 6.56. The molecule has 6 rings (SSSR count). The fraction of sp³-hybridized carbons (Fsp3) is 0.171. The van der Waals surface area contributed by atoms with Gasteiger partial charge in [0, 0.05) is 38.8 Å². The molecule has 0 radical (unpaired) electrons. The molecule has 0 saturated carbocycles. The van der Waals surface area contributed by atoms with E-state index in [1.807, 2.05) is 42.5 Å². The van der Waals surface area contributed by atoms with Crippen LogP contribution in [0.1, 0.15) is 41.7 Å². The van der Waals surface area contributed by atoms with Crippen LogP contribution >= 0.6 is 0 Å². The summed E-state index contributed by atoms with van der Waals surface area (Å²) < 4.78 is 0. The van der Waals surface area contributed by atoms with E-state index >= 15 is 0 Å². The molecule has 8 bridgehead atoms. The van der Waals surface area contributed by atoms with Crippen molar-refractivity contribution in [3.8, 4) is 11.1 Å². The number of aromatic amines is 2. The van der Waals surface area contributed by atoms with Crippen molar-refractivity contribution < 1.29 is 4.79 Å². The number of nitrogens with one attached hydrogen (secondary N) is 3. The van der Waals surface area contributed by atoms with Gasteiger partial charge in [0.15, 0.2) is 0 Å². The van der Waals surface area contributed by atoms with Gasteiger partial charge in [0.25, 0.3) is 5.91 Å². The van der Waals surface area contributed by atoms with Gasteiger partial charge < -0.3 is 20.2 Å². The summed E-state index contributed by atoms with van der Waals surface area (Å²) in [6, 6.07) is 20.6. The number of para-hydroxylation sites is 1. The second-order valence-electron chi connectivity index (χ2n) is 11.1. The van der Waals surface area contributed by atoms with Crippen LogP contribution in [0.15, 0.2) is 72.8 Å². The number of fused-ring (bicyclic) bond motifs is 8. The second-order valence-corrected chi connectivity index (χ2v) is 11.1. The average Bonchev–Trinajstić information content (AvgIpc) is 3.75. The van der Waals surface area contributed by atoms with Gasteiger partial charge in [-0.2, -0.15) is 0 Å². The van der Waals surface area contributed by atoms with Crippen LogP contribution in [0.4, 0.5) is 5.69 Å². The Kier molecular flexibility index (Phi) is 7.42. The lowest BCUT2D eigenvalue weighted by molar-refractivity contribution is -0.112. The first kappa shape index (κ1) is 27.2. The van der Waals surface area contributed by atoms with Crippen LogP contribution in [-0.4, -0.2) is 51.4 Å². The molecule has 3 aromatic heterocycles. The summed E-state index contributed by atoms with van der Waals surface area (Å²) in [6.07, 6.45) is 9.82. The highest BCUT2D eigenvalue weighted by Crippen LogP contribution is 2.36. The van der Waals surface area contributed by atoms with Crippen molar-refractivity contribution in [3.05, 3.63) is 101 Å². The minimum atomic E-state index is -0.188. The third-order valence-corrected chi connectivity index (χ3v) is 7.29. The smallest absolute Gasteiger partial charge is 0.250 e. The van der Waals surface area contributed by atoms with Gasteiger partial charge in [0.2, 0.25) is 0 Å². The molecule has 0 fully saturated rings. The van der Waals surface area contributed by atoms with Crippen LogP contribution in [0.5, 0.6) is 0 Å². The third kappa shape index (κ3) is 6.01. The molecular formula is C35H34N6O. The van der Waals surface area contributed by atoms with E-state index in [2.05, 4.69) is 83.3 Å². The molecule has 7 heteroatoms. The Morgan fingerprint density at radius 3 is 2.17 bits per heavy atom. The molecule has 5 heterocycles. The molecule has 4 aromatic rings. The van der Waals surface area contributed by atoms with Crippen molar-refractivity contribution in [2.75, 3.05) is 26.0 Å². The van der Waals surface area contributed by atoms with Crippen LogP contribution in [0.25, 0.3) is 57.5 Å². The number of aryl methyl sites for hydroxylation is 1. The van der Waals surface area contributed by atoms with Crippen molar-refractivity contribution in [1.82, 2.24) is 24.8 Å². The first-order chi connectivity index (χ1) is 20.3. The average molecular weight is 555 g/mol. The highest BCUT2D eigenvalue weighted by Gasteiger charge is 2.16. The van der Waals surface area contributed by atoms with Crippen LogP contribution in [0.3, 0.4) is 0 Å². The zero-order valence-corrected chi connectivity index (χ0v) is 24.2. The number of hydrogen-bond acceptors (Lipinski definition) is 4. The quantitative estimate of drug-likeness (QED) is 0.180. The van der Waals surface area contributed by atoms with E-state index in [1.165, 1.54) is 0 Å². The molecule has 1 aromatic carbocycles. The zero-order chi connectivity index (χ0) is 29.2. The topological polar surface area (TPSA) is 89.7 Å². The summed E-state index contributed by atoms with van der Waals surface area (Å²) in [5, 5.41) is 3.18. The van der Waals surface area contributed by atoms with E-state index < -0.39 is 0 Å². The van der Waals surface area contributed by atoms with Crippen molar-refractivity contribution >= 4 is 58.0 Å². The molecular weight excluding hydrogens is 520 g/mol. The fourth-order valence-electron chi connectivity index (χ4n) is 5.23. The third-order valence-electron chi connectivity index (χ3n) is 7.29. The Labute approximate surface area is 245 Å². The van der Waals surface area contributed by atoms with Gasteiger partial charge in [-0.3, -0.25) is 4.79 Å². The molecule has 0 aliphatic carbocycles. The fourth-order valence-corrected chi connectivity index (χ4v) is 5.23. The van der Waals surface area contributed by atoms with Crippen LogP contribution in [0, 0.1) is 0 Å². The van der Waals surface area contributed by atoms with Crippen LogP contribution < -0.4 is 5.32 Å². The van der Waals surface area contributed by atoms with Crippen molar-refractivity contribution in [3.63, 3.8) is 0 Å². The highest BCUT2D eigenvalue weighted by atomic mass is 16.1. The summed E-state index contributed by atoms with van der Waals surface area (Å²) in [4.78, 5) is 31.7. The van der Waals surface area contributed by atoms with E-state index in [-0.39, 0.29) is 5.91 Å². The van der Waals surface area contributed by atoms with Gasteiger partial charge in [0.05, 0.1) is 28.5 Å². The lowest BCUT2D eigenvalue weighted by atomic mass is 9.97. The Balaban J connectivity index is 1.58. The van der Waals surface area contributed by atoms with Gasteiger partial charge in [-0.25, -0.2) is 9.97 Å². The molecule has 0 atom stereocenters. The minimum Gasteiger partial charge on any atom is -0.355 e. The predicted octanol–water partition coefficient (Wildman–Crippen LogP) is 7.33. The standard InChI is InChI=1S/C35H34N6O/c1-22(2)35(42)40-34-23(8-6-16-41(3)4)7-5-9-31(34)32-20-30-19-28-13-12-26(37-28)17-24-10-11-25(36-24)18-27-14-15-29(38-27)21-33(32)39-30/h5,7,9-15,17-21,37,39H,1,6,8,16H2,2-4H3,(H,40,42). The molecule has 0 saturated heterocycles. The number of hydrogen-bond donors (Lipinski definition) is 3. The molecule has 0 unspecified atom stereocenters. The summed E-state index contributed by atoms with van der Waals surface area (Å²) in [5.74, 6) is -0.188. The summed E-state index contributed by atoms with van der Waals surface area (Å²) in [5.41, 5.74) is 11.5. The van der Waals surface area contributed by atoms with E-state index in [9.17, 15) is 4.79 Å². The van der Waals surface area contributed by atoms with E-state index in [0.717, 1.165) is 86.6 Å². The molecule has 210 valence electrons. The van der Waals surface area contributed by atoms with Gasteiger partial charge in [0.1, 0.15) is 0 Å². The number of amides is 1. The molecule has 3 N–H and O–H groups in total. The Bertz CT molecular complexity index is 1920. The van der Waals surface area contributed by atoms with E-state index in [1.54, 1.807) is 6.92 Å². The lowest BCUT2D eigenvalue weighted by Crippen LogP contribution is -2.16. The number of H-pyrrole nitrogens is 2. The maximum atomic E-state index is 12.9. The number of benzene rings is 1.